The number of methoxy groups -OCH3 is 1. The zero-order valence-corrected chi connectivity index (χ0v) is 15.0. The van der Waals surface area contributed by atoms with Gasteiger partial charge in [-0.05, 0) is 42.9 Å². The number of amides is 1. The Hall–Kier alpha value is -1.63. The van der Waals surface area contributed by atoms with Crippen LogP contribution in [0, 0.1) is 17.3 Å². The Kier molecular flexibility index (Phi) is 7.20. The Morgan fingerprint density at radius 3 is 2.25 bits per heavy atom. The Morgan fingerprint density at radius 1 is 1.25 bits per heavy atom. The van der Waals surface area contributed by atoms with E-state index in [1.807, 2.05) is 0 Å². The van der Waals surface area contributed by atoms with Crippen molar-refractivity contribution in [3.05, 3.63) is 0 Å². The fraction of sp³-hybridized carbons (Fsp3) is 0.824. The van der Waals surface area contributed by atoms with E-state index < -0.39 is 36.4 Å². The molecule has 138 valence electrons. The largest absolute Gasteiger partial charge is 0.481 e. The summed E-state index contributed by atoms with van der Waals surface area (Å²) in [5.74, 6) is -1.20. The third-order valence-corrected chi connectivity index (χ3v) is 4.60. The van der Waals surface area contributed by atoms with Gasteiger partial charge >= 0.3 is 11.9 Å². The first-order valence-corrected chi connectivity index (χ1v) is 8.41. The molecule has 2 unspecified atom stereocenters. The molecule has 0 aliphatic heterocycles. The van der Waals surface area contributed by atoms with Crippen LogP contribution >= 0.6 is 0 Å². The van der Waals surface area contributed by atoms with Gasteiger partial charge < -0.3 is 20.9 Å². The maximum atomic E-state index is 12.0. The SMILES string of the molecule is COC(=O)C(CCC(C1CC1)C(C)(C)C)NC(=O)[C@@H](N)CC(=O)O. The molecule has 4 N–H and O–H groups in total. The van der Waals surface area contributed by atoms with Gasteiger partial charge in [0.1, 0.15) is 6.04 Å². The molecule has 7 nitrogen and oxygen atoms in total. The van der Waals surface area contributed by atoms with Gasteiger partial charge in [0.25, 0.3) is 0 Å². The lowest BCUT2D eigenvalue weighted by Gasteiger charge is -2.32. The van der Waals surface area contributed by atoms with Crippen molar-refractivity contribution in [3.8, 4) is 0 Å². The first-order chi connectivity index (χ1) is 11.1. The number of esters is 1. The lowest BCUT2D eigenvalue weighted by molar-refractivity contribution is -0.145. The maximum absolute atomic E-state index is 12.0. The fourth-order valence-electron chi connectivity index (χ4n) is 3.17. The maximum Gasteiger partial charge on any atom is 0.328 e. The van der Waals surface area contributed by atoms with Crippen LogP contribution in [0.2, 0.25) is 0 Å². The molecule has 1 aliphatic carbocycles. The molecule has 24 heavy (non-hydrogen) atoms. The average Bonchev–Trinajstić information content (AvgIpc) is 3.27. The molecular weight excluding hydrogens is 312 g/mol. The second-order valence-corrected chi connectivity index (χ2v) is 7.68. The molecule has 1 rings (SSSR count). The highest BCUT2D eigenvalue weighted by Crippen LogP contribution is 2.47. The summed E-state index contributed by atoms with van der Waals surface area (Å²) < 4.78 is 4.76. The Labute approximate surface area is 143 Å². The van der Waals surface area contributed by atoms with Crippen LogP contribution in [-0.2, 0) is 19.1 Å². The van der Waals surface area contributed by atoms with Crippen molar-refractivity contribution in [2.24, 2.45) is 23.0 Å². The van der Waals surface area contributed by atoms with Crippen LogP contribution in [-0.4, -0.2) is 42.1 Å². The molecule has 3 atom stereocenters. The third kappa shape index (κ3) is 6.47. The molecule has 0 saturated heterocycles. The quantitative estimate of drug-likeness (QED) is 0.543. The Bertz CT molecular complexity index is 468. The van der Waals surface area contributed by atoms with Crippen molar-refractivity contribution >= 4 is 17.8 Å². The normalized spacial score (nSPS) is 18.4. The Morgan fingerprint density at radius 2 is 1.83 bits per heavy atom. The van der Waals surface area contributed by atoms with E-state index in [0.717, 1.165) is 6.42 Å². The predicted molar refractivity (Wildman–Crippen MR) is 89.1 cm³/mol. The molecule has 1 fully saturated rings. The van der Waals surface area contributed by atoms with Crippen LogP contribution in [0.25, 0.3) is 0 Å². The molecule has 0 aromatic rings. The number of carboxylic acid groups (broad SMARTS) is 1. The van der Waals surface area contributed by atoms with Crippen molar-refractivity contribution in [1.82, 2.24) is 5.32 Å². The van der Waals surface area contributed by atoms with Crippen LogP contribution in [0.1, 0.15) is 52.9 Å². The minimum Gasteiger partial charge on any atom is -0.481 e. The van der Waals surface area contributed by atoms with Gasteiger partial charge in [-0.1, -0.05) is 20.8 Å². The van der Waals surface area contributed by atoms with Gasteiger partial charge in [-0.15, -0.1) is 0 Å². The number of hydrogen-bond acceptors (Lipinski definition) is 5. The zero-order valence-electron chi connectivity index (χ0n) is 15.0. The van der Waals surface area contributed by atoms with Gasteiger partial charge in [0.15, 0.2) is 0 Å². The van der Waals surface area contributed by atoms with E-state index in [-0.39, 0.29) is 5.41 Å². The minimum absolute atomic E-state index is 0.131. The number of hydrogen-bond donors (Lipinski definition) is 3. The summed E-state index contributed by atoms with van der Waals surface area (Å²) in [7, 11) is 1.26. The number of carbonyl (C=O) groups is 3. The van der Waals surface area contributed by atoms with E-state index in [2.05, 4.69) is 26.1 Å². The molecule has 1 aliphatic rings. The van der Waals surface area contributed by atoms with Crippen LogP contribution in [0.5, 0.6) is 0 Å². The van der Waals surface area contributed by atoms with E-state index in [0.29, 0.717) is 18.3 Å². The molecule has 0 aromatic heterocycles. The molecule has 0 radical (unpaired) electrons. The first kappa shape index (κ1) is 20.4. The van der Waals surface area contributed by atoms with E-state index >= 15 is 0 Å². The number of nitrogens with two attached hydrogens (primary N) is 1. The van der Waals surface area contributed by atoms with Crippen molar-refractivity contribution in [2.45, 2.75) is 65.0 Å². The summed E-state index contributed by atoms with van der Waals surface area (Å²) in [6, 6.07) is -1.98. The zero-order chi connectivity index (χ0) is 18.5. The van der Waals surface area contributed by atoms with Gasteiger partial charge in [0.05, 0.1) is 19.6 Å². The molecule has 0 bridgehead atoms. The summed E-state index contributed by atoms with van der Waals surface area (Å²) in [6.45, 7) is 6.56. The van der Waals surface area contributed by atoms with Crippen LogP contribution in [0.4, 0.5) is 0 Å². The van der Waals surface area contributed by atoms with Gasteiger partial charge in [-0.3, -0.25) is 9.59 Å². The molecule has 1 saturated carbocycles. The molecule has 1 amide bonds. The first-order valence-electron chi connectivity index (χ1n) is 8.41. The van der Waals surface area contributed by atoms with Crippen molar-refractivity contribution < 1.29 is 24.2 Å². The lowest BCUT2D eigenvalue weighted by Crippen LogP contribution is -2.49. The summed E-state index contributed by atoms with van der Waals surface area (Å²) in [6.07, 6.45) is 3.19. The van der Waals surface area contributed by atoms with E-state index in [1.54, 1.807) is 0 Å². The number of carboxylic acids is 1. The molecule has 0 aromatic carbocycles. The number of aliphatic carboxylic acids is 1. The van der Waals surface area contributed by atoms with E-state index in [9.17, 15) is 14.4 Å². The van der Waals surface area contributed by atoms with E-state index in [1.165, 1.54) is 20.0 Å². The smallest absolute Gasteiger partial charge is 0.328 e. The van der Waals surface area contributed by atoms with Crippen molar-refractivity contribution in [3.63, 3.8) is 0 Å². The summed E-state index contributed by atoms with van der Waals surface area (Å²) in [5, 5.41) is 11.2. The average molecular weight is 342 g/mol. The molecule has 0 heterocycles. The van der Waals surface area contributed by atoms with Crippen molar-refractivity contribution in [2.75, 3.05) is 7.11 Å². The number of rotatable bonds is 9. The topological polar surface area (TPSA) is 119 Å². The highest BCUT2D eigenvalue weighted by molar-refractivity contribution is 5.89. The highest BCUT2D eigenvalue weighted by Gasteiger charge is 2.39. The van der Waals surface area contributed by atoms with Gasteiger partial charge in [-0.2, -0.15) is 0 Å². The van der Waals surface area contributed by atoms with Gasteiger partial charge in [0, 0.05) is 0 Å². The second-order valence-electron chi connectivity index (χ2n) is 7.68. The fourth-order valence-corrected chi connectivity index (χ4v) is 3.17. The van der Waals surface area contributed by atoms with Gasteiger partial charge in [-0.25, -0.2) is 4.79 Å². The van der Waals surface area contributed by atoms with E-state index in [4.69, 9.17) is 15.6 Å². The predicted octanol–water partition coefficient (Wildman–Crippen LogP) is 1.30. The second kappa shape index (κ2) is 8.46. The lowest BCUT2D eigenvalue weighted by atomic mass is 9.74. The number of ether oxygens (including phenoxy) is 1. The molecule has 0 spiro atoms. The van der Waals surface area contributed by atoms with Crippen LogP contribution < -0.4 is 11.1 Å². The highest BCUT2D eigenvalue weighted by atomic mass is 16.5. The number of nitrogens with one attached hydrogen (secondary N) is 1. The molecular formula is C17H30N2O5. The monoisotopic (exact) mass is 342 g/mol. The van der Waals surface area contributed by atoms with Crippen LogP contribution in [0.3, 0.4) is 0 Å². The number of carbonyl (C=O) groups excluding carboxylic acids is 2. The summed E-state index contributed by atoms with van der Waals surface area (Å²) in [4.78, 5) is 34.6. The Balaban J connectivity index is 2.66. The standard InChI is InChI=1S/C17H30N2O5/c1-17(2,3)11(10-5-6-10)7-8-13(16(23)24-4)19-15(22)12(18)9-14(20)21/h10-13H,5-9,18H2,1-4H3,(H,19,22)(H,20,21)/t11?,12-,13?/m0/s1. The van der Waals surface area contributed by atoms with Gasteiger partial charge in [0.2, 0.25) is 5.91 Å². The summed E-state index contributed by atoms with van der Waals surface area (Å²) in [5.41, 5.74) is 5.68. The van der Waals surface area contributed by atoms with Crippen LogP contribution in [0.15, 0.2) is 0 Å². The minimum atomic E-state index is -1.18. The molecule has 7 heteroatoms. The summed E-state index contributed by atoms with van der Waals surface area (Å²) >= 11 is 0. The van der Waals surface area contributed by atoms with Crippen molar-refractivity contribution in [1.29, 1.82) is 0 Å². The third-order valence-electron chi connectivity index (χ3n) is 4.60.